The fourth-order valence-electron chi connectivity index (χ4n) is 2.27. The van der Waals surface area contributed by atoms with Gasteiger partial charge in [0.15, 0.2) is 0 Å². The van der Waals surface area contributed by atoms with Crippen LogP contribution < -0.4 is 0 Å². The molecule has 0 aromatic carbocycles. The maximum Gasteiger partial charge on any atom is 0.302 e. The first kappa shape index (κ1) is 8.05. The minimum atomic E-state index is -0.234. The molecule has 0 unspecified atom stereocenters. The van der Waals surface area contributed by atoms with Gasteiger partial charge in [-0.1, -0.05) is 0 Å². The fraction of sp³-hybridized carbons (Fsp3) is 0.889. The van der Waals surface area contributed by atoms with Crippen LogP contribution in [0.2, 0.25) is 0 Å². The van der Waals surface area contributed by atoms with Crippen molar-refractivity contribution in [2.45, 2.75) is 44.8 Å². The third kappa shape index (κ3) is 1.04. The largest absolute Gasteiger partial charge is 0.462 e. The number of hydrogen-bond acceptors (Lipinski definition) is 3. The number of aliphatic hydroxyl groups is 1. The molecule has 2 saturated carbocycles. The predicted octanol–water partition coefficient (Wildman–Crippen LogP) is 0.853. The molecule has 12 heavy (non-hydrogen) atoms. The maximum atomic E-state index is 10.7. The van der Waals surface area contributed by atoms with Crippen LogP contribution in [0.15, 0.2) is 0 Å². The van der Waals surface area contributed by atoms with Gasteiger partial charge in [-0.3, -0.25) is 4.79 Å². The molecule has 0 amide bonds. The second-order valence-corrected chi connectivity index (χ2v) is 3.92. The monoisotopic (exact) mass is 170 g/mol. The van der Waals surface area contributed by atoms with E-state index < -0.39 is 0 Å². The minimum absolute atomic E-state index is 0.00926. The molecule has 1 spiro atoms. The summed E-state index contributed by atoms with van der Waals surface area (Å²) in [6.45, 7) is 1.43. The molecule has 3 heteroatoms. The molecule has 0 aromatic rings. The van der Waals surface area contributed by atoms with Crippen LogP contribution in [0.5, 0.6) is 0 Å². The van der Waals surface area contributed by atoms with E-state index in [1.807, 2.05) is 0 Å². The zero-order valence-corrected chi connectivity index (χ0v) is 7.25. The summed E-state index contributed by atoms with van der Waals surface area (Å²) in [5, 5.41) is 9.61. The molecule has 0 saturated heterocycles. The van der Waals surface area contributed by atoms with Crippen LogP contribution >= 0.6 is 0 Å². The third-order valence-electron chi connectivity index (χ3n) is 3.14. The number of ether oxygens (including phenoxy) is 1. The zero-order valence-electron chi connectivity index (χ0n) is 7.25. The Morgan fingerprint density at radius 1 is 1.50 bits per heavy atom. The van der Waals surface area contributed by atoms with Gasteiger partial charge in [0.05, 0.1) is 6.10 Å². The average molecular weight is 170 g/mol. The Morgan fingerprint density at radius 3 is 2.67 bits per heavy atom. The standard InChI is InChI=1S/C9H14O3/c1-6(10)12-8-3-2-7(11)9(8)4-5-9/h7-8,11H,2-5H2,1H3/t7-,8+/m0/s1. The number of carbonyl (C=O) groups excluding carboxylic acids is 1. The molecule has 2 fully saturated rings. The van der Waals surface area contributed by atoms with Crippen molar-refractivity contribution in [3.8, 4) is 0 Å². The van der Waals surface area contributed by atoms with Crippen molar-refractivity contribution in [2.24, 2.45) is 5.41 Å². The highest BCUT2D eigenvalue weighted by atomic mass is 16.5. The average Bonchev–Trinajstić information content (AvgIpc) is 2.71. The Balaban J connectivity index is 2.03. The number of esters is 1. The summed E-state index contributed by atoms with van der Waals surface area (Å²) in [6, 6.07) is 0. The van der Waals surface area contributed by atoms with E-state index in [4.69, 9.17) is 4.74 Å². The summed E-state index contributed by atoms with van der Waals surface area (Å²) in [5.41, 5.74) is -0.0360. The van der Waals surface area contributed by atoms with E-state index in [-0.39, 0.29) is 23.6 Å². The number of hydrogen-bond donors (Lipinski definition) is 1. The summed E-state index contributed by atoms with van der Waals surface area (Å²) >= 11 is 0. The normalized spacial score (nSPS) is 36.8. The van der Waals surface area contributed by atoms with Gasteiger partial charge < -0.3 is 9.84 Å². The Labute approximate surface area is 71.7 Å². The van der Waals surface area contributed by atoms with E-state index >= 15 is 0 Å². The van der Waals surface area contributed by atoms with E-state index in [0.29, 0.717) is 0 Å². The second kappa shape index (κ2) is 2.46. The maximum absolute atomic E-state index is 10.7. The Hall–Kier alpha value is -0.570. The lowest BCUT2D eigenvalue weighted by molar-refractivity contribution is -0.149. The topological polar surface area (TPSA) is 46.5 Å². The van der Waals surface area contributed by atoms with Crippen LogP contribution in [0.1, 0.15) is 32.6 Å². The van der Waals surface area contributed by atoms with Crippen LogP contribution in [0.25, 0.3) is 0 Å². The Morgan fingerprint density at radius 2 is 2.17 bits per heavy atom. The SMILES string of the molecule is CC(=O)O[C@@H]1CC[C@H](O)C12CC2. The first-order valence-electron chi connectivity index (χ1n) is 4.50. The highest BCUT2D eigenvalue weighted by Gasteiger charge is 2.59. The van der Waals surface area contributed by atoms with Crippen molar-refractivity contribution >= 4 is 5.97 Å². The van der Waals surface area contributed by atoms with Crippen molar-refractivity contribution in [3.05, 3.63) is 0 Å². The van der Waals surface area contributed by atoms with E-state index in [2.05, 4.69) is 0 Å². The zero-order chi connectivity index (χ0) is 8.77. The summed E-state index contributed by atoms with van der Waals surface area (Å²) in [6.07, 6.45) is 3.42. The molecule has 0 heterocycles. The third-order valence-corrected chi connectivity index (χ3v) is 3.14. The van der Waals surface area contributed by atoms with E-state index in [9.17, 15) is 9.90 Å². The van der Waals surface area contributed by atoms with Gasteiger partial charge in [0.25, 0.3) is 0 Å². The molecule has 3 nitrogen and oxygen atoms in total. The van der Waals surface area contributed by atoms with Crippen LogP contribution in [-0.2, 0) is 9.53 Å². The first-order valence-corrected chi connectivity index (χ1v) is 4.50. The molecule has 2 atom stereocenters. The van der Waals surface area contributed by atoms with E-state index in [1.54, 1.807) is 0 Å². The van der Waals surface area contributed by atoms with Crippen molar-refractivity contribution in [1.29, 1.82) is 0 Å². The molecule has 2 aliphatic rings. The molecule has 2 rings (SSSR count). The van der Waals surface area contributed by atoms with Gasteiger partial charge in [0, 0.05) is 12.3 Å². The summed E-state index contributed by atoms with van der Waals surface area (Å²) in [7, 11) is 0. The summed E-state index contributed by atoms with van der Waals surface area (Å²) in [4.78, 5) is 10.7. The van der Waals surface area contributed by atoms with Crippen LogP contribution in [0.4, 0.5) is 0 Å². The first-order chi connectivity index (χ1) is 5.65. The van der Waals surface area contributed by atoms with Crippen molar-refractivity contribution in [2.75, 3.05) is 0 Å². The minimum Gasteiger partial charge on any atom is -0.462 e. The lowest BCUT2D eigenvalue weighted by Gasteiger charge is -2.20. The molecule has 1 N–H and O–H groups in total. The van der Waals surface area contributed by atoms with Crippen molar-refractivity contribution in [1.82, 2.24) is 0 Å². The van der Waals surface area contributed by atoms with Crippen LogP contribution in [-0.4, -0.2) is 23.3 Å². The van der Waals surface area contributed by atoms with Gasteiger partial charge >= 0.3 is 5.97 Å². The molecule has 0 bridgehead atoms. The van der Waals surface area contributed by atoms with E-state index in [0.717, 1.165) is 25.7 Å². The molecule has 2 aliphatic carbocycles. The van der Waals surface area contributed by atoms with Gasteiger partial charge in [0.2, 0.25) is 0 Å². The summed E-state index contributed by atoms with van der Waals surface area (Å²) < 4.78 is 5.16. The lowest BCUT2D eigenvalue weighted by Crippen LogP contribution is -2.28. The quantitative estimate of drug-likeness (QED) is 0.593. The molecule has 0 radical (unpaired) electrons. The van der Waals surface area contributed by atoms with Crippen LogP contribution in [0, 0.1) is 5.41 Å². The van der Waals surface area contributed by atoms with Gasteiger partial charge in [-0.15, -0.1) is 0 Å². The lowest BCUT2D eigenvalue weighted by atomic mass is 10.0. The predicted molar refractivity (Wildman–Crippen MR) is 42.5 cm³/mol. The van der Waals surface area contributed by atoms with Crippen molar-refractivity contribution < 1.29 is 14.6 Å². The number of rotatable bonds is 1. The molecular weight excluding hydrogens is 156 g/mol. The van der Waals surface area contributed by atoms with Gasteiger partial charge in [-0.2, -0.15) is 0 Å². The Kier molecular flexibility index (Phi) is 1.65. The number of aliphatic hydroxyl groups excluding tert-OH is 1. The second-order valence-electron chi connectivity index (χ2n) is 3.92. The van der Waals surface area contributed by atoms with Crippen molar-refractivity contribution in [3.63, 3.8) is 0 Å². The van der Waals surface area contributed by atoms with Gasteiger partial charge in [0.1, 0.15) is 6.10 Å². The molecule has 0 aromatic heterocycles. The highest BCUT2D eigenvalue weighted by molar-refractivity contribution is 5.66. The smallest absolute Gasteiger partial charge is 0.302 e. The molecular formula is C9H14O3. The fourth-order valence-corrected chi connectivity index (χ4v) is 2.27. The highest BCUT2D eigenvalue weighted by Crippen LogP contribution is 2.58. The van der Waals surface area contributed by atoms with Gasteiger partial charge in [-0.25, -0.2) is 0 Å². The molecule has 0 aliphatic heterocycles. The van der Waals surface area contributed by atoms with E-state index in [1.165, 1.54) is 6.92 Å². The number of carbonyl (C=O) groups is 1. The Bertz CT molecular complexity index is 208. The van der Waals surface area contributed by atoms with Gasteiger partial charge in [-0.05, 0) is 25.7 Å². The molecule has 68 valence electrons. The van der Waals surface area contributed by atoms with Crippen LogP contribution in [0.3, 0.4) is 0 Å². The summed E-state index contributed by atoms with van der Waals surface area (Å²) in [5.74, 6) is -0.222.